The molecule has 2 rings (SSSR count). The van der Waals surface area contributed by atoms with Gasteiger partial charge in [0.15, 0.2) is 0 Å². The van der Waals surface area contributed by atoms with Gasteiger partial charge in [0.1, 0.15) is 0 Å². The van der Waals surface area contributed by atoms with Gasteiger partial charge in [-0.25, -0.2) is 4.79 Å². The highest BCUT2D eigenvalue weighted by Crippen LogP contribution is 2.26. The number of amides is 2. The van der Waals surface area contributed by atoms with Crippen molar-refractivity contribution < 1.29 is 9.53 Å². The van der Waals surface area contributed by atoms with Gasteiger partial charge in [0.05, 0.1) is 10.4 Å². The van der Waals surface area contributed by atoms with Crippen LogP contribution in [0.25, 0.3) is 0 Å². The van der Waals surface area contributed by atoms with Gasteiger partial charge in [-0.3, -0.25) is 0 Å². The van der Waals surface area contributed by atoms with Crippen molar-refractivity contribution in [1.82, 2.24) is 10.6 Å². The van der Waals surface area contributed by atoms with E-state index >= 15 is 0 Å². The molecule has 0 spiro atoms. The molecular weight excluding hydrogens is 272 g/mol. The minimum atomic E-state index is -0.126. The van der Waals surface area contributed by atoms with Crippen molar-refractivity contribution in [3.05, 3.63) is 21.3 Å². The Hall–Kier alpha value is -0.780. The van der Waals surface area contributed by atoms with Gasteiger partial charge in [-0.15, -0.1) is 11.3 Å². The molecule has 6 heteroatoms. The molecule has 0 radical (unpaired) electrons. The molecule has 0 saturated carbocycles. The lowest BCUT2D eigenvalue weighted by Crippen LogP contribution is -2.45. The fourth-order valence-electron chi connectivity index (χ4n) is 1.90. The summed E-state index contributed by atoms with van der Waals surface area (Å²) in [7, 11) is 0. The van der Waals surface area contributed by atoms with Crippen LogP contribution in [-0.4, -0.2) is 25.3 Å². The van der Waals surface area contributed by atoms with Gasteiger partial charge in [-0.1, -0.05) is 11.6 Å². The monoisotopic (exact) mass is 288 g/mol. The molecule has 2 heterocycles. The zero-order chi connectivity index (χ0) is 13.0. The number of halogens is 1. The van der Waals surface area contributed by atoms with E-state index in [1.165, 1.54) is 11.3 Å². The van der Waals surface area contributed by atoms with E-state index in [4.69, 9.17) is 16.3 Å². The summed E-state index contributed by atoms with van der Waals surface area (Å²) in [6.45, 7) is 3.40. The van der Waals surface area contributed by atoms with Crippen LogP contribution in [-0.2, 0) is 4.74 Å². The lowest BCUT2D eigenvalue weighted by molar-refractivity contribution is 0.0800. The highest BCUT2D eigenvalue weighted by molar-refractivity contribution is 7.16. The van der Waals surface area contributed by atoms with Crippen molar-refractivity contribution in [2.24, 2.45) is 0 Å². The van der Waals surface area contributed by atoms with E-state index in [0.717, 1.165) is 35.3 Å². The number of thiophene rings is 1. The Kier molecular flexibility index (Phi) is 4.86. The van der Waals surface area contributed by atoms with E-state index in [2.05, 4.69) is 10.6 Å². The third-order valence-electron chi connectivity index (χ3n) is 2.92. The van der Waals surface area contributed by atoms with E-state index in [1.807, 2.05) is 19.1 Å². The first-order chi connectivity index (χ1) is 8.65. The number of carbonyl (C=O) groups is 1. The number of urea groups is 1. The molecule has 0 aliphatic carbocycles. The molecule has 0 unspecified atom stereocenters. The molecule has 2 N–H and O–H groups in total. The van der Waals surface area contributed by atoms with Gasteiger partial charge < -0.3 is 15.4 Å². The van der Waals surface area contributed by atoms with E-state index in [9.17, 15) is 4.79 Å². The average molecular weight is 289 g/mol. The summed E-state index contributed by atoms with van der Waals surface area (Å²) < 4.78 is 5.99. The fourth-order valence-corrected chi connectivity index (χ4v) is 2.96. The van der Waals surface area contributed by atoms with Gasteiger partial charge in [-0.05, 0) is 31.9 Å². The zero-order valence-corrected chi connectivity index (χ0v) is 11.8. The normalized spacial score (nSPS) is 18.3. The predicted molar refractivity (Wildman–Crippen MR) is 73.3 cm³/mol. The average Bonchev–Trinajstić information content (AvgIpc) is 2.77. The molecule has 1 fully saturated rings. The second kappa shape index (κ2) is 6.41. The van der Waals surface area contributed by atoms with Crippen molar-refractivity contribution in [3.8, 4) is 0 Å². The second-order valence-corrected chi connectivity index (χ2v) is 6.11. The summed E-state index contributed by atoms with van der Waals surface area (Å²) in [6, 6.07) is 3.85. The number of hydrogen-bond acceptors (Lipinski definition) is 3. The summed E-state index contributed by atoms with van der Waals surface area (Å²) in [4.78, 5) is 12.9. The minimum absolute atomic E-state index is 0.0256. The third kappa shape index (κ3) is 3.86. The van der Waals surface area contributed by atoms with E-state index in [0.29, 0.717) is 0 Å². The number of rotatable bonds is 3. The third-order valence-corrected chi connectivity index (χ3v) is 4.34. The topological polar surface area (TPSA) is 50.4 Å². The van der Waals surface area contributed by atoms with E-state index in [1.54, 1.807) is 0 Å². The minimum Gasteiger partial charge on any atom is -0.381 e. The van der Waals surface area contributed by atoms with Gasteiger partial charge in [0.2, 0.25) is 0 Å². The molecule has 18 heavy (non-hydrogen) atoms. The van der Waals surface area contributed by atoms with Crippen LogP contribution in [0.3, 0.4) is 0 Å². The maximum atomic E-state index is 11.8. The molecule has 100 valence electrons. The van der Waals surface area contributed by atoms with Gasteiger partial charge in [0, 0.05) is 24.1 Å². The SMILES string of the molecule is C[C@H](NC(=O)NC1CCOCC1)c1ccc(Cl)s1. The standard InChI is InChI=1S/C12H17ClN2O2S/c1-8(10-2-3-11(13)18-10)14-12(16)15-9-4-6-17-7-5-9/h2-3,8-9H,4-7H2,1H3,(H2,14,15,16)/t8-/m0/s1. The lowest BCUT2D eigenvalue weighted by atomic mass is 10.1. The number of ether oxygens (including phenoxy) is 1. The summed E-state index contributed by atoms with van der Waals surface area (Å²) in [6.07, 6.45) is 1.76. The molecule has 1 aromatic heterocycles. The first-order valence-electron chi connectivity index (χ1n) is 6.05. The summed E-state index contributed by atoms with van der Waals surface area (Å²) >= 11 is 7.36. The van der Waals surface area contributed by atoms with Crippen molar-refractivity contribution in [2.75, 3.05) is 13.2 Å². The molecule has 2 amide bonds. The summed E-state index contributed by atoms with van der Waals surface area (Å²) in [5, 5.41) is 5.89. The van der Waals surface area contributed by atoms with E-state index in [-0.39, 0.29) is 18.1 Å². The first-order valence-corrected chi connectivity index (χ1v) is 7.24. The Morgan fingerprint density at radius 3 is 2.83 bits per heavy atom. The molecule has 1 aromatic rings. The predicted octanol–water partition coefficient (Wildman–Crippen LogP) is 2.94. The highest BCUT2D eigenvalue weighted by atomic mass is 35.5. The van der Waals surface area contributed by atoms with Crippen molar-refractivity contribution in [2.45, 2.75) is 31.8 Å². The number of nitrogens with one attached hydrogen (secondary N) is 2. The molecule has 1 aliphatic rings. The quantitative estimate of drug-likeness (QED) is 0.898. The fraction of sp³-hybridized carbons (Fsp3) is 0.583. The molecule has 0 bridgehead atoms. The van der Waals surface area contributed by atoms with Crippen molar-refractivity contribution in [1.29, 1.82) is 0 Å². The van der Waals surface area contributed by atoms with Crippen LogP contribution in [0.4, 0.5) is 4.79 Å². The van der Waals surface area contributed by atoms with Crippen LogP contribution in [0.5, 0.6) is 0 Å². The maximum absolute atomic E-state index is 11.8. The molecule has 1 atom stereocenters. The Morgan fingerprint density at radius 1 is 1.50 bits per heavy atom. The Labute approximate surface area is 116 Å². The second-order valence-electron chi connectivity index (χ2n) is 4.37. The largest absolute Gasteiger partial charge is 0.381 e. The molecule has 1 saturated heterocycles. The van der Waals surface area contributed by atoms with Crippen LogP contribution in [0.15, 0.2) is 12.1 Å². The Morgan fingerprint density at radius 2 is 2.22 bits per heavy atom. The van der Waals surface area contributed by atoms with Gasteiger partial charge >= 0.3 is 6.03 Å². The van der Waals surface area contributed by atoms with Gasteiger partial charge in [0.25, 0.3) is 0 Å². The molecule has 1 aliphatic heterocycles. The molecule has 4 nitrogen and oxygen atoms in total. The highest BCUT2D eigenvalue weighted by Gasteiger charge is 2.17. The van der Waals surface area contributed by atoms with Crippen molar-refractivity contribution >= 4 is 29.0 Å². The number of carbonyl (C=O) groups excluding carboxylic acids is 1. The maximum Gasteiger partial charge on any atom is 0.315 e. The zero-order valence-electron chi connectivity index (χ0n) is 10.2. The Bertz CT molecular complexity index is 405. The van der Waals surface area contributed by atoms with Crippen LogP contribution in [0, 0.1) is 0 Å². The summed E-state index contributed by atoms with van der Waals surface area (Å²) in [5.41, 5.74) is 0. The van der Waals surface area contributed by atoms with Crippen molar-refractivity contribution in [3.63, 3.8) is 0 Å². The van der Waals surface area contributed by atoms with Gasteiger partial charge in [-0.2, -0.15) is 0 Å². The number of hydrogen-bond donors (Lipinski definition) is 2. The van der Waals surface area contributed by atoms with E-state index < -0.39 is 0 Å². The molecule has 0 aromatic carbocycles. The smallest absolute Gasteiger partial charge is 0.315 e. The summed E-state index contributed by atoms with van der Waals surface area (Å²) in [5.74, 6) is 0. The van der Waals surface area contributed by atoms with Crippen LogP contribution in [0.2, 0.25) is 4.34 Å². The lowest BCUT2D eigenvalue weighted by Gasteiger charge is -2.24. The Balaban J connectivity index is 1.79. The first kappa shape index (κ1) is 13.6. The van der Waals surface area contributed by atoms with Crippen LogP contribution < -0.4 is 10.6 Å². The van der Waals surface area contributed by atoms with Crippen LogP contribution >= 0.6 is 22.9 Å². The van der Waals surface area contributed by atoms with Crippen LogP contribution in [0.1, 0.15) is 30.7 Å². The molecular formula is C12H17ClN2O2S.